The molecule has 3 N–H and O–H groups in total. The minimum absolute atomic E-state index is 0.130. The van der Waals surface area contributed by atoms with Crippen molar-refractivity contribution in [1.29, 1.82) is 0 Å². The number of amides is 2. The predicted octanol–water partition coefficient (Wildman–Crippen LogP) is 1.06. The Bertz CT molecular complexity index is 566. The Hall–Kier alpha value is -1.98. The van der Waals surface area contributed by atoms with Gasteiger partial charge in [-0.1, -0.05) is 37.3 Å². The third-order valence-corrected chi connectivity index (χ3v) is 3.72. The molecule has 0 spiro atoms. The summed E-state index contributed by atoms with van der Waals surface area (Å²) in [6.45, 7) is 4.24. The third kappa shape index (κ3) is 3.77. The van der Waals surface area contributed by atoms with E-state index in [0.717, 1.165) is 0 Å². The SMILES string of the molecule is CC1=C(CC(O)NCC(C)c2ccccc2)C(=O)NC1=O. The zero-order chi connectivity index (χ0) is 15.4. The van der Waals surface area contributed by atoms with Crippen LogP contribution in [0.3, 0.4) is 0 Å². The van der Waals surface area contributed by atoms with Gasteiger partial charge in [-0.25, -0.2) is 0 Å². The number of nitrogens with one attached hydrogen (secondary N) is 2. The number of carbonyl (C=O) groups is 2. The molecule has 0 aliphatic carbocycles. The smallest absolute Gasteiger partial charge is 0.254 e. The molecule has 0 saturated carbocycles. The Balaban J connectivity index is 1.87. The molecule has 1 heterocycles. The van der Waals surface area contributed by atoms with Crippen molar-refractivity contribution in [1.82, 2.24) is 10.6 Å². The summed E-state index contributed by atoms with van der Waals surface area (Å²) in [6.07, 6.45) is -0.719. The minimum Gasteiger partial charge on any atom is -0.378 e. The van der Waals surface area contributed by atoms with E-state index in [4.69, 9.17) is 0 Å². The van der Waals surface area contributed by atoms with Crippen molar-refractivity contribution < 1.29 is 14.7 Å². The molecular formula is C16H20N2O3. The van der Waals surface area contributed by atoms with Crippen LogP contribution in [0.1, 0.15) is 31.7 Å². The van der Waals surface area contributed by atoms with E-state index in [2.05, 4.69) is 17.6 Å². The molecule has 5 nitrogen and oxygen atoms in total. The molecule has 0 fully saturated rings. The van der Waals surface area contributed by atoms with E-state index in [-0.39, 0.29) is 18.2 Å². The molecule has 0 aromatic heterocycles. The largest absolute Gasteiger partial charge is 0.378 e. The summed E-state index contributed by atoms with van der Waals surface area (Å²) >= 11 is 0. The molecule has 21 heavy (non-hydrogen) atoms. The molecule has 2 amide bonds. The summed E-state index contributed by atoms with van der Waals surface area (Å²) in [4.78, 5) is 22.9. The van der Waals surface area contributed by atoms with Crippen LogP contribution in [-0.4, -0.2) is 29.7 Å². The van der Waals surface area contributed by atoms with Gasteiger partial charge < -0.3 is 5.11 Å². The highest BCUT2D eigenvalue weighted by Gasteiger charge is 2.28. The first-order chi connectivity index (χ1) is 9.99. The van der Waals surface area contributed by atoms with Gasteiger partial charge in [-0.15, -0.1) is 0 Å². The Morgan fingerprint density at radius 2 is 1.86 bits per heavy atom. The van der Waals surface area contributed by atoms with Gasteiger partial charge in [0, 0.05) is 24.1 Å². The van der Waals surface area contributed by atoms with Gasteiger partial charge in [-0.3, -0.25) is 20.2 Å². The summed E-state index contributed by atoms with van der Waals surface area (Å²) in [5.41, 5.74) is 1.92. The number of hydrogen-bond acceptors (Lipinski definition) is 4. The van der Waals surface area contributed by atoms with Crippen molar-refractivity contribution in [2.24, 2.45) is 0 Å². The summed E-state index contributed by atoms with van der Waals surface area (Å²) in [5, 5.41) is 15.2. The number of aliphatic hydroxyl groups is 1. The maximum atomic E-state index is 11.6. The molecule has 1 aliphatic heterocycles. The van der Waals surface area contributed by atoms with E-state index in [0.29, 0.717) is 17.7 Å². The van der Waals surface area contributed by atoms with Crippen molar-refractivity contribution in [2.45, 2.75) is 32.4 Å². The molecule has 5 heteroatoms. The van der Waals surface area contributed by atoms with Gasteiger partial charge in [0.1, 0.15) is 6.23 Å². The first-order valence-corrected chi connectivity index (χ1v) is 7.01. The number of imide groups is 1. The van der Waals surface area contributed by atoms with Gasteiger partial charge in [0.25, 0.3) is 11.8 Å². The van der Waals surface area contributed by atoms with E-state index < -0.39 is 12.1 Å². The van der Waals surface area contributed by atoms with Crippen molar-refractivity contribution >= 4 is 11.8 Å². The van der Waals surface area contributed by atoms with Crippen molar-refractivity contribution in [3.63, 3.8) is 0 Å². The van der Waals surface area contributed by atoms with Gasteiger partial charge in [0.15, 0.2) is 0 Å². The number of rotatable bonds is 6. The first-order valence-electron chi connectivity index (χ1n) is 7.01. The average Bonchev–Trinajstić information content (AvgIpc) is 2.72. The molecule has 2 rings (SSSR count). The van der Waals surface area contributed by atoms with Crippen LogP contribution < -0.4 is 10.6 Å². The molecular weight excluding hydrogens is 268 g/mol. The van der Waals surface area contributed by atoms with Gasteiger partial charge in [0.05, 0.1) is 0 Å². The number of benzene rings is 1. The second kappa shape index (κ2) is 6.65. The first kappa shape index (κ1) is 15.4. The molecule has 1 aromatic rings. The van der Waals surface area contributed by atoms with E-state index in [9.17, 15) is 14.7 Å². The van der Waals surface area contributed by atoms with Crippen molar-refractivity contribution in [3.05, 3.63) is 47.0 Å². The highest BCUT2D eigenvalue weighted by Crippen LogP contribution is 2.18. The Kier molecular flexibility index (Phi) is 4.88. The summed E-state index contributed by atoms with van der Waals surface area (Å²) in [7, 11) is 0. The van der Waals surface area contributed by atoms with Gasteiger partial charge in [0.2, 0.25) is 0 Å². The summed E-state index contributed by atoms with van der Waals surface area (Å²) in [6, 6.07) is 9.99. The fourth-order valence-corrected chi connectivity index (χ4v) is 2.30. The fourth-order valence-electron chi connectivity index (χ4n) is 2.30. The second-order valence-corrected chi connectivity index (χ2v) is 5.33. The lowest BCUT2D eigenvalue weighted by atomic mass is 10.0. The van der Waals surface area contributed by atoms with Crippen molar-refractivity contribution in [3.8, 4) is 0 Å². The highest BCUT2D eigenvalue weighted by molar-refractivity contribution is 6.19. The van der Waals surface area contributed by atoms with E-state index in [1.807, 2.05) is 30.3 Å². The molecule has 1 aromatic carbocycles. The lowest BCUT2D eigenvalue weighted by molar-refractivity contribution is -0.124. The van der Waals surface area contributed by atoms with E-state index in [1.165, 1.54) is 5.56 Å². The lowest BCUT2D eigenvalue weighted by Crippen LogP contribution is -2.33. The predicted molar refractivity (Wildman–Crippen MR) is 79.3 cm³/mol. The van der Waals surface area contributed by atoms with Gasteiger partial charge in [-0.05, 0) is 18.4 Å². The Morgan fingerprint density at radius 3 is 2.43 bits per heavy atom. The van der Waals surface area contributed by atoms with Gasteiger partial charge >= 0.3 is 0 Å². The normalized spacial score (nSPS) is 17.9. The van der Waals surface area contributed by atoms with Gasteiger partial charge in [-0.2, -0.15) is 0 Å². The van der Waals surface area contributed by atoms with Crippen LogP contribution in [0, 0.1) is 0 Å². The van der Waals surface area contributed by atoms with Crippen molar-refractivity contribution in [2.75, 3.05) is 6.54 Å². The Labute approximate surface area is 124 Å². The number of carbonyl (C=O) groups excluding carboxylic acids is 2. The number of aliphatic hydroxyl groups excluding tert-OH is 1. The Morgan fingerprint density at radius 1 is 1.19 bits per heavy atom. The molecule has 0 saturated heterocycles. The van der Waals surface area contributed by atoms with E-state index in [1.54, 1.807) is 6.92 Å². The monoisotopic (exact) mass is 288 g/mol. The fraction of sp³-hybridized carbons (Fsp3) is 0.375. The zero-order valence-corrected chi connectivity index (χ0v) is 12.2. The number of hydrogen-bond donors (Lipinski definition) is 3. The molecule has 2 unspecified atom stereocenters. The summed E-state index contributed by atoms with van der Waals surface area (Å²) in [5.74, 6) is -0.538. The molecule has 1 aliphatic rings. The lowest BCUT2D eigenvalue weighted by Gasteiger charge is -2.17. The highest BCUT2D eigenvalue weighted by atomic mass is 16.3. The second-order valence-electron chi connectivity index (χ2n) is 5.33. The quantitative estimate of drug-likeness (QED) is 0.540. The van der Waals surface area contributed by atoms with Crippen LogP contribution in [0.25, 0.3) is 0 Å². The van der Waals surface area contributed by atoms with Crippen LogP contribution in [0.4, 0.5) is 0 Å². The molecule has 112 valence electrons. The molecule has 2 atom stereocenters. The topological polar surface area (TPSA) is 78.4 Å². The zero-order valence-electron chi connectivity index (χ0n) is 12.2. The third-order valence-electron chi connectivity index (χ3n) is 3.72. The maximum absolute atomic E-state index is 11.6. The standard InChI is InChI=1S/C16H20N2O3/c1-10(12-6-4-3-5-7-12)9-17-14(19)8-13-11(2)15(20)18-16(13)21/h3-7,10,14,17,19H,8-9H2,1-2H3,(H,18,20,21). The minimum atomic E-state index is -0.849. The van der Waals surface area contributed by atoms with Crippen LogP contribution in [-0.2, 0) is 9.59 Å². The van der Waals surface area contributed by atoms with E-state index >= 15 is 0 Å². The summed E-state index contributed by atoms with van der Waals surface area (Å²) < 4.78 is 0. The van der Waals surface area contributed by atoms with Crippen LogP contribution in [0.15, 0.2) is 41.5 Å². The van der Waals surface area contributed by atoms with Crippen LogP contribution in [0.2, 0.25) is 0 Å². The molecule has 0 radical (unpaired) electrons. The van der Waals surface area contributed by atoms with Crippen LogP contribution in [0.5, 0.6) is 0 Å². The van der Waals surface area contributed by atoms with Crippen LogP contribution >= 0.6 is 0 Å². The average molecular weight is 288 g/mol. The molecule has 0 bridgehead atoms. The maximum Gasteiger partial charge on any atom is 0.254 e.